The minimum atomic E-state index is -3.58. The lowest BCUT2D eigenvalue weighted by Gasteiger charge is -2.09. The molecule has 0 aromatic heterocycles. The van der Waals surface area contributed by atoms with Crippen molar-refractivity contribution in [1.29, 1.82) is 0 Å². The molecule has 0 amide bonds. The average molecular weight is 306 g/mol. The third kappa shape index (κ3) is 3.55. The first-order valence-corrected chi connectivity index (χ1v) is 8.27. The number of hydrogen-bond acceptors (Lipinski definition) is 4. The topological polar surface area (TPSA) is 52.6 Å². The van der Waals surface area contributed by atoms with E-state index in [4.69, 9.17) is 9.47 Å². The fourth-order valence-corrected chi connectivity index (χ4v) is 3.26. The van der Waals surface area contributed by atoms with Gasteiger partial charge >= 0.3 is 0 Å². The molecule has 5 heteroatoms. The van der Waals surface area contributed by atoms with Crippen LogP contribution >= 0.6 is 0 Å². The molecule has 0 unspecified atom stereocenters. The molecule has 0 atom stereocenters. The van der Waals surface area contributed by atoms with Gasteiger partial charge < -0.3 is 9.47 Å². The molecule has 2 aromatic rings. The van der Waals surface area contributed by atoms with Crippen LogP contribution in [0.1, 0.15) is 13.8 Å². The molecular weight excluding hydrogens is 288 g/mol. The Bertz CT molecular complexity index is 652. The molecule has 0 radical (unpaired) electrons. The highest BCUT2D eigenvalue weighted by Gasteiger charge is 2.18. The van der Waals surface area contributed by atoms with Gasteiger partial charge in [-0.1, -0.05) is 12.1 Å². The van der Waals surface area contributed by atoms with E-state index >= 15 is 0 Å². The van der Waals surface area contributed by atoms with Gasteiger partial charge in [0.2, 0.25) is 9.84 Å². The van der Waals surface area contributed by atoms with Gasteiger partial charge in [0.25, 0.3) is 0 Å². The number of hydrogen-bond donors (Lipinski definition) is 0. The summed E-state index contributed by atoms with van der Waals surface area (Å²) in [5, 5.41) is 0. The summed E-state index contributed by atoms with van der Waals surface area (Å²) >= 11 is 0. The number of benzene rings is 2. The Hall–Kier alpha value is -2.01. The van der Waals surface area contributed by atoms with Gasteiger partial charge in [-0.3, -0.25) is 0 Å². The monoisotopic (exact) mass is 306 g/mol. The normalized spacial score (nSPS) is 11.1. The zero-order valence-electron chi connectivity index (χ0n) is 12.1. The second-order valence-electron chi connectivity index (χ2n) is 4.32. The highest BCUT2D eigenvalue weighted by molar-refractivity contribution is 7.91. The van der Waals surface area contributed by atoms with E-state index in [1.807, 2.05) is 13.8 Å². The van der Waals surface area contributed by atoms with Gasteiger partial charge in [-0.15, -0.1) is 0 Å². The number of sulfone groups is 1. The molecule has 21 heavy (non-hydrogen) atoms. The van der Waals surface area contributed by atoms with Crippen LogP contribution < -0.4 is 9.47 Å². The van der Waals surface area contributed by atoms with Crippen molar-refractivity contribution in [1.82, 2.24) is 0 Å². The number of rotatable bonds is 6. The summed E-state index contributed by atoms with van der Waals surface area (Å²) < 4.78 is 36.0. The van der Waals surface area contributed by atoms with Crippen molar-refractivity contribution in [3.8, 4) is 11.5 Å². The van der Waals surface area contributed by atoms with E-state index < -0.39 is 9.84 Å². The van der Waals surface area contributed by atoms with Crippen molar-refractivity contribution < 1.29 is 17.9 Å². The maximum absolute atomic E-state index is 12.6. The fourth-order valence-electron chi connectivity index (χ4n) is 1.93. The standard InChI is InChI=1S/C16H18O4S/c1-3-19-13-7-5-9-15(11-13)21(17,18)16-10-6-8-14(12-16)20-4-2/h5-12H,3-4H2,1-2H3. The van der Waals surface area contributed by atoms with E-state index in [9.17, 15) is 8.42 Å². The van der Waals surface area contributed by atoms with Crippen molar-refractivity contribution in [3.05, 3.63) is 48.5 Å². The van der Waals surface area contributed by atoms with E-state index in [1.165, 1.54) is 12.1 Å². The molecule has 0 aliphatic heterocycles. The second-order valence-corrected chi connectivity index (χ2v) is 6.27. The van der Waals surface area contributed by atoms with E-state index in [-0.39, 0.29) is 9.79 Å². The van der Waals surface area contributed by atoms with Crippen LogP contribution in [0.5, 0.6) is 11.5 Å². The van der Waals surface area contributed by atoms with E-state index in [1.54, 1.807) is 36.4 Å². The Morgan fingerprint density at radius 2 is 1.24 bits per heavy atom. The summed E-state index contributed by atoms with van der Waals surface area (Å²) in [4.78, 5) is 0.421. The highest BCUT2D eigenvalue weighted by atomic mass is 32.2. The van der Waals surface area contributed by atoms with Crippen LogP contribution in [0.2, 0.25) is 0 Å². The first-order valence-electron chi connectivity index (χ1n) is 6.78. The summed E-state index contributed by atoms with van der Waals surface area (Å²) in [6.45, 7) is 4.69. The first kappa shape index (κ1) is 15.4. The van der Waals surface area contributed by atoms with Gasteiger partial charge in [0.15, 0.2) is 0 Å². The largest absolute Gasteiger partial charge is 0.494 e. The first-order chi connectivity index (χ1) is 10.1. The summed E-state index contributed by atoms with van der Waals surface area (Å²) in [7, 11) is -3.58. The van der Waals surface area contributed by atoms with Crippen LogP contribution in [0.15, 0.2) is 58.3 Å². The summed E-state index contributed by atoms with van der Waals surface area (Å²) in [6.07, 6.45) is 0. The molecule has 0 bridgehead atoms. The van der Waals surface area contributed by atoms with Gasteiger partial charge in [-0.2, -0.15) is 0 Å². The Labute approximate surface area is 125 Å². The van der Waals surface area contributed by atoms with Crippen molar-refractivity contribution >= 4 is 9.84 Å². The lowest BCUT2D eigenvalue weighted by Crippen LogP contribution is -2.03. The maximum Gasteiger partial charge on any atom is 0.206 e. The van der Waals surface area contributed by atoms with Crippen LogP contribution in [0.3, 0.4) is 0 Å². The molecule has 0 fully saturated rings. The van der Waals surface area contributed by atoms with Crippen LogP contribution in [0, 0.1) is 0 Å². The molecule has 4 nitrogen and oxygen atoms in total. The minimum Gasteiger partial charge on any atom is -0.494 e. The third-order valence-corrected chi connectivity index (χ3v) is 4.60. The molecule has 2 rings (SSSR count). The Kier molecular flexibility index (Phi) is 4.85. The summed E-state index contributed by atoms with van der Waals surface area (Å²) in [5.74, 6) is 1.08. The molecule has 112 valence electrons. The smallest absolute Gasteiger partial charge is 0.206 e. The SMILES string of the molecule is CCOc1cccc(S(=O)(=O)c2cccc(OCC)c2)c1. The predicted molar refractivity (Wildman–Crippen MR) is 80.7 cm³/mol. The molecule has 0 saturated heterocycles. The van der Waals surface area contributed by atoms with Gasteiger partial charge in [-0.05, 0) is 50.2 Å². The van der Waals surface area contributed by atoms with Crippen molar-refractivity contribution in [2.75, 3.05) is 13.2 Å². The number of ether oxygens (including phenoxy) is 2. The van der Waals surface area contributed by atoms with Crippen molar-refractivity contribution in [2.45, 2.75) is 23.6 Å². The third-order valence-electron chi connectivity index (χ3n) is 2.85. The van der Waals surface area contributed by atoms with Crippen LogP contribution in [-0.2, 0) is 9.84 Å². The Morgan fingerprint density at radius 3 is 1.62 bits per heavy atom. The van der Waals surface area contributed by atoms with Gasteiger partial charge in [-0.25, -0.2) is 8.42 Å². The van der Waals surface area contributed by atoms with Crippen molar-refractivity contribution in [2.24, 2.45) is 0 Å². The molecule has 0 heterocycles. The quantitative estimate of drug-likeness (QED) is 0.821. The molecule has 0 aliphatic rings. The predicted octanol–water partition coefficient (Wildman–Crippen LogP) is 3.32. The summed E-state index contributed by atoms with van der Waals surface area (Å²) in [6, 6.07) is 13.0. The zero-order valence-corrected chi connectivity index (χ0v) is 12.9. The minimum absolute atomic E-state index is 0.210. The lowest BCUT2D eigenvalue weighted by atomic mass is 10.3. The highest BCUT2D eigenvalue weighted by Crippen LogP contribution is 2.26. The van der Waals surface area contributed by atoms with Crippen LogP contribution in [0.4, 0.5) is 0 Å². The maximum atomic E-state index is 12.6. The van der Waals surface area contributed by atoms with E-state index in [0.29, 0.717) is 24.7 Å². The second kappa shape index (κ2) is 6.63. The fraction of sp³-hybridized carbons (Fsp3) is 0.250. The molecular formula is C16H18O4S. The van der Waals surface area contributed by atoms with E-state index in [2.05, 4.69) is 0 Å². The summed E-state index contributed by atoms with van der Waals surface area (Å²) in [5.41, 5.74) is 0. The molecule has 0 saturated carbocycles. The van der Waals surface area contributed by atoms with Crippen molar-refractivity contribution in [3.63, 3.8) is 0 Å². The average Bonchev–Trinajstić information content (AvgIpc) is 2.48. The van der Waals surface area contributed by atoms with E-state index in [0.717, 1.165) is 0 Å². The zero-order chi connectivity index (χ0) is 15.3. The molecule has 0 N–H and O–H groups in total. The van der Waals surface area contributed by atoms with Gasteiger partial charge in [0, 0.05) is 0 Å². The van der Waals surface area contributed by atoms with Crippen LogP contribution in [0.25, 0.3) is 0 Å². The molecule has 0 spiro atoms. The molecule has 0 aliphatic carbocycles. The Morgan fingerprint density at radius 1 is 0.810 bits per heavy atom. The lowest BCUT2D eigenvalue weighted by molar-refractivity contribution is 0.339. The molecule has 2 aromatic carbocycles. The van der Waals surface area contributed by atoms with Crippen LogP contribution in [-0.4, -0.2) is 21.6 Å². The van der Waals surface area contributed by atoms with Gasteiger partial charge in [0.1, 0.15) is 11.5 Å². The van der Waals surface area contributed by atoms with Gasteiger partial charge in [0.05, 0.1) is 23.0 Å². The Balaban J connectivity index is 2.41.